The summed E-state index contributed by atoms with van der Waals surface area (Å²) in [5, 5.41) is 7.51. The van der Waals surface area contributed by atoms with Crippen molar-refractivity contribution in [3.05, 3.63) is 46.3 Å². The van der Waals surface area contributed by atoms with Crippen molar-refractivity contribution in [3.63, 3.8) is 0 Å². The second-order valence-electron chi connectivity index (χ2n) is 7.28. The number of rotatable bonds is 2. The zero-order valence-electron chi connectivity index (χ0n) is 14.2. The van der Waals surface area contributed by atoms with Gasteiger partial charge < -0.3 is 5.32 Å². The molecule has 120 valence electrons. The van der Waals surface area contributed by atoms with Crippen molar-refractivity contribution in [3.8, 4) is 0 Å². The highest BCUT2D eigenvalue weighted by molar-refractivity contribution is 6.06. The van der Waals surface area contributed by atoms with E-state index in [4.69, 9.17) is 0 Å². The summed E-state index contributed by atoms with van der Waals surface area (Å²) in [6.07, 6.45) is 3.81. The molecule has 0 radical (unpaired) electrons. The molecule has 1 aromatic carbocycles. The minimum atomic E-state index is -0.0505. The summed E-state index contributed by atoms with van der Waals surface area (Å²) in [7, 11) is 1.87. The summed E-state index contributed by atoms with van der Waals surface area (Å²) in [6.45, 7) is 6.10. The van der Waals surface area contributed by atoms with Crippen LogP contribution in [0.25, 0.3) is 0 Å². The summed E-state index contributed by atoms with van der Waals surface area (Å²) < 4.78 is 1.77. The number of anilines is 1. The highest BCUT2D eigenvalue weighted by Gasteiger charge is 2.51. The Hall–Kier alpha value is -2.10. The molecule has 1 heterocycles. The number of nitrogens with zero attached hydrogens (tertiary/aromatic N) is 2. The second kappa shape index (κ2) is 4.70. The Kier molecular flexibility index (Phi) is 2.96. The third-order valence-electron chi connectivity index (χ3n) is 5.71. The summed E-state index contributed by atoms with van der Waals surface area (Å²) in [5.41, 5.74) is 6.57. The van der Waals surface area contributed by atoms with E-state index in [9.17, 15) is 4.79 Å². The van der Waals surface area contributed by atoms with Crippen molar-refractivity contribution < 1.29 is 4.79 Å². The van der Waals surface area contributed by atoms with Gasteiger partial charge in [0.05, 0.1) is 11.3 Å². The first-order valence-electron chi connectivity index (χ1n) is 8.38. The maximum absolute atomic E-state index is 12.8. The molecule has 0 bridgehead atoms. The van der Waals surface area contributed by atoms with Crippen LogP contribution in [-0.4, -0.2) is 15.7 Å². The molecule has 1 spiro atoms. The molecule has 1 saturated carbocycles. The minimum absolute atomic E-state index is 0.0505. The highest BCUT2D eigenvalue weighted by atomic mass is 16.1. The van der Waals surface area contributed by atoms with Crippen LogP contribution in [-0.2, 0) is 12.5 Å². The number of carbonyl (C=O) groups is 1. The molecule has 1 atom stereocenters. The van der Waals surface area contributed by atoms with E-state index in [2.05, 4.69) is 29.5 Å². The maximum Gasteiger partial charge on any atom is 0.259 e. The van der Waals surface area contributed by atoms with Crippen LogP contribution in [0.5, 0.6) is 0 Å². The molecule has 0 saturated heterocycles. The monoisotopic (exact) mass is 309 g/mol. The van der Waals surface area contributed by atoms with Gasteiger partial charge in [-0.1, -0.05) is 19.1 Å². The van der Waals surface area contributed by atoms with Crippen molar-refractivity contribution in [2.75, 3.05) is 5.32 Å². The average Bonchev–Trinajstić information content (AvgIpc) is 3.14. The van der Waals surface area contributed by atoms with Crippen LogP contribution in [0.2, 0.25) is 0 Å². The Balaban J connectivity index is 1.71. The zero-order chi connectivity index (χ0) is 16.4. The lowest BCUT2D eigenvalue weighted by Gasteiger charge is -2.14. The van der Waals surface area contributed by atoms with E-state index >= 15 is 0 Å². The molecule has 4 heteroatoms. The average molecular weight is 309 g/mol. The predicted molar refractivity (Wildman–Crippen MR) is 91.0 cm³/mol. The van der Waals surface area contributed by atoms with E-state index in [1.807, 2.05) is 27.0 Å². The van der Waals surface area contributed by atoms with Crippen molar-refractivity contribution in [1.29, 1.82) is 0 Å². The maximum atomic E-state index is 12.8. The quantitative estimate of drug-likeness (QED) is 0.916. The van der Waals surface area contributed by atoms with E-state index in [1.165, 1.54) is 30.4 Å². The summed E-state index contributed by atoms with van der Waals surface area (Å²) in [5.74, 6) is 0.463. The number of carbonyl (C=O) groups excluding carboxylic acids is 1. The minimum Gasteiger partial charge on any atom is -0.322 e. The second-order valence-corrected chi connectivity index (χ2v) is 7.28. The molecule has 0 aliphatic heterocycles. The standard InChI is InChI=1S/C19H23N3O/c1-11-10-19(8-9-19)14-6-5-7-15(16(11)14)20-18(23)17-12(2)21-22(4)13(17)3/h5-7,11H,8-10H2,1-4H3,(H,20,23). The third-order valence-corrected chi connectivity index (χ3v) is 5.71. The predicted octanol–water partition coefficient (Wildman–Crippen LogP) is 3.83. The number of hydrogen-bond acceptors (Lipinski definition) is 2. The molecule has 23 heavy (non-hydrogen) atoms. The van der Waals surface area contributed by atoms with Crippen LogP contribution in [0.15, 0.2) is 18.2 Å². The number of aromatic nitrogens is 2. The molecule has 1 amide bonds. The van der Waals surface area contributed by atoms with Gasteiger partial charge in [-0.25, -0.2) is 0 Å². The van der Waals surface area contributed by atoms with Crippen LogP contribution in [0, 0.1) is 13.8 Å². The SMILES string of the molecule is Cc1nn(C)c(C)c1C(=O)Nc1cccc2c1C(C)CC21CC1. The van der Waals surface area contributed by atoms with Crippen LogP contribution in [0.4, 0.5) is 5.69 Å². The van der Waals surface area contributed by atoms with E-state index in [1.54, 1.807) is 4.68 Å². The lowest BCUT2D eigenvalue weighted by molar-refractivity contribution is 0.102. The molecular formula is C19H23N3O. The Morgan fingerprint density at radius 1 is 1.35 bits per heavy atom. The smallest absolute Gasteiger partial charge is 0.259 e. The molecule has 1 unspecified atom stereocenters. The summed E-state index contributed by atoms with van der Waals surface area (Å²) in [6, 6.07) is 6.37. The first kappa shape index (κ1) is 14.5. The van der Waals surface area contributed by atoms with Gasteiger partial charge in [-0.2, -0.15) is 5.10 Å². The number of nitrogens with one attached hydrogen (secondary N) is 1. The van der Waals surface area contributed by atoms with Crippen molar-refractivity contribution in [2.24, 2.45) is 7.05 Å². The fourth-order valence-corrected chi connectivity index (χ4v) is 4.38. The summed E-state index contributed by atoms with van der Waals surface area (Å²) in [4.78, 5) is 12.8. The van der Waals surface area contributed by atoms with E-state index in [-0.39, 0.29) is 5.91 Å². The number of hydrogen-bond donors (Lipinski definition) is 1. The molecule has 4 nitrogen and oxygen atoms in total. The first-order valence-corrected chi connectivity index (χ1v) is 8.38. The van der Waals surface area contributed by atoms with Crippen molar-refractivity contribution in [1.82, 2.24) is 9.78 Å². The fourth-order valence-electron chi connectivity index (χ4n) is 4.38. The molecule has 2 aliphatic rings. The Morgan fingerprint density at radius 3 is 2.70 bits per heavy atom. The van der Waals surface area contributed by atoms with Crippen LogP contribution in [0.1, 0.15) is 65.0 Å². The number of fused-ring (bicyclic) bond motifs is 2. The lowest BCUT2D eigenvalue weighted by Crippen LogP contribution is -2.15. The van der Waals surface area contributed by atoms with Gasteiger partial charge in [0, 0.05) is 18.4 Å². The normalized spacial score (nSPS) is 20.6. The van der Waals surface area contributed by atoms with Gasteiger partial charge in [-0.3, -0.25) is 9.48 Å². The number of aryl methyl sites for hydroxylation is 2. The van der Waals surface area contributed by atoms with Crippen molar-refractivity contribution >= 4 is 11.6 Å². The highest BCUT2D eigenvalue weighted by Crippen LogP contribution is 2.61. The van der Waals surface area contributed by atoms with Gasteiger partial charge in [-0.15, -0.1) is 0 Å². The lowest BCUT2D eigenvalue weighted by atomic mass is 9.98. The third kappa shape index (κ3) is 2.04. The first-order chi connectivity index (χ1) is 10.9. The van der Waals surface area contributed by atoms with E-state index in [0.717, 1.165) is 17.1 Å². The van der Waals surface area contributed by atoms with Gasteiger partial charge in [0.2, 0.25) is 0 Å². The van der Waals surface area contributed by atoms with Crippen LogP contribution < -0.4 is 5.32 Å². The molecule has 1 N–H and O–H groups in total. The Bertz CT molecular complexity index is 814. The topological polar surface area (TPSA) is 46.9 Å². The number of benzene rings is 1. The molecule has 4 rings (SSSR count). The largest absolute Gasteiger partial charge is 0.322 e. The van der Waals surface area contributed by atoms with Crippen LogP contribution in [0.3, 0.4) is 0 Å². The van der Waals surface area contributed by atoms with Gasteiger partial charge in [0.15, 0.2) is 0 Å². The summed E-state index contributed by atoms with van der Waals surface area (Å²) >= 11 is 0. The Labute approximate surface area is 136 Å². The van der Waals surface area contributed by atoms with Gasteiger partial charge >= 0.3 is 0 Å². The number of amides is 1. The van der Waals surface area contributed by atoms with E-state index in [0.29, 0.717) is 16.9 Å². The Morgan fingerprint density at radius 2 is 2.09 bits per heavy atom. The fraction of sp³-hybridized carbons (Fsp3) is 0.474. The molecule has 2 aromatic rings. The van der Waals surface area contributed by atoms with Gasteiger partial charge in [-0.05, 0) is 61.6 Å². The zero-order valence-corrected chi connectivity index (χ0v) is 14.2. The molecule has 2 aliphatic carbocycles. The van der Waals surface area contributed by atoms with Crippen LogP contribution >= 0.6 is 0 Å². The van der Waals surface area contributed by atoms with E-state index < -0.39 is 0 Å². The molecule has 1 fully saturated rings. The van der Waals surface area contributed by atoms with Gasteiger partial charge in [0.25, 0.3) is 5.91 Å². The van der Waals surface area contributed by atoms with Gasteiger partial charge in [0.1, 0.15) is 0 Å². The van der Waals surface area contributed by atoms with Crippen molar-refractivity contribution in [2.45, 2.75) is 51.4 Å². The molecular weight excluding hydrogens is 286 g/mol. The molecule has 1 aromatic heterocycles.